The first-order valence-corrected chi connectivity index (χ1v) is 13.2. The molecule has 3 aromatic rings. The number of carbonyl (C=O) groups excluding carboxylic acids is 1. The second-order valence-electron chi connectivity index (χ2n) is 9.88. The van der Waals surface area contributed by atoms with Gasteiger partial charge in [0.2, 0.25) is 0 Å². The van der Waals surface area contributed by atoms with Crippen LogP contribution in [0.5, 0.6) is 5.75 Å². The largest absolute Gasteiger partial charge is 0.495 e. The lowest BCUT2D eigenvalue weighted by Gasteiger charge is -2.37. The first kappa shape index (κ1) is 25.6. The van der Waals surface area contributed by atoms with Gasteiger partial charge in [-0.1, -0.05) is 24.3 Å². The number of aromatic nitrogens is 1. The van der Waals surface area contributed by atoms with Crippen LogP contribution in [0.15, 0.2) is 60.8 Å². The number of benzene rings is 2. The van der Waals surface area contributed by atoms with Crippen molar-refractivity contribution in [2.24, 2.45) is 0 Å². The highest BCUT2D eigenvalue weighted by Gasteiger charge is 2.25. The summed E-state index contributed by atoms with van der Waals surface area (Å²) in [5.41, 5.74) is 4.70. The fourth-order valence-electron chi connectivity index (χ4n) is 5.24. The molecule has 0 radical (unpaired) electrons. The van der Waals surface area contributed by atoms with Gasteiger partial charge in [0.1, 0.15) is 17.6 Å². The number of carbonyl (C=O) groups is 1. The Morgan fingerprint density at radius 3 is 2.37 bits per heavy atom. The van der Waals surface area contributed by atoms with Crippen molar-refractivity contribution in [3.63, 3.8) is 0 Å². The summed E-state index contributed by atoms with van der Waals surface area (Å²) < 4.78 is 5.20. The lowest BCUT2D eigenvalue weighted by molar-refractivity contribution is 0.0745. The summed E-state index contributed by atoms with van der Waals surface area (Å²) in [5.74, 6) is 1.75. The second kappa shape index (κ2) is 11.5. The Labute approximate surface area is 224 Å². The molecular formula is C30H34N6O2. The standard InChI is InChI=1S/C30H34N6O2/c1-23-7-8-24(22-33-11-13-34(14-12-33)28-6-4-3-5-25(28)20-31)19-27(23)30(37)36-17-15-35(16-18-36)29-10-9-26(38-2)21-32-29/h3-10,19,21H,11-18,22H2,1-2H3. The minimum atomic E-state index is 0.101. The molecule has 0 saturated carbocycles. The molecule has 0 atom stereocenters. The van der Waals surface area contributed by atoms with Crippen LogP contribution in [0.3, 0.4) is 0 Å². The molecule has 0 bridgehead atoms. The van der Waals surface area contributed by atoms with Gasteiger partial charge in [-0.25, -0.2) is 4.98 Å². The van der Waals surface area contributed by atoms with E-state index < -0.39 is 0 Å². The average Bonchev–Trinajstić information content (AvgIpc) is 2.98. The van der Waals surface area contributed by atoms with Gasteiger partial charge in [-0.2, -0.15) is 5.26 Å². The average molecular weight is 511 g/mol. The van der Waals surface area contributed by atoms with Crippen molar-refractivity contribution in [3.8, 4) is 11.8 Å². The van der Waals surface area contributed by atoms with E-state index in [0.717, 1.165) is 85.3 Å². The molecule has 1 aromatic heterocycles. The zero-order valence-corrected chi connectivity index (χ0v) is 22.1. The van der Waals surface area contributed by atoms with Gasteiger partial charge in [0, 0.05) is 64.5 Å². The molecule has 2 fully saturated rings. The van der Waals surface area contributed by atoms with Crippen LogP contribution in [0.4, 0.5) is 11.5 Å². The zero-order chi connectivity index (χ0) is 26.5. The van der Waals surface area contributed by atoms with Gasteiger partial charge in [-0.15, -0.1) is 0 Å². The number of pyridine rings is 1. The maximum Gasteiger partial charge on any atom is 0.254 e. The Balaban J connectivity index is 1.18. The summed E-state index contributed by atoms with van der Waals surface area (Å²) in [5, 5.41) is 9.44. The first-order chi connectivity index (χ1) is 18.6. The van der Waals surface area contributed by atoms with Crippen molar-refractivity contribution in [1.82, 2.24) is 14.8 Å². The Hall–Kier alpha value is -4.09. The molecule has 2 saturated heterocycles. The number of aryl methyl sites for hydroxylation is 1. The Bertz CT molecular complexity index is 1300. The van der Waals surface area contributed by atoms with E-state index >= 15 is 0 Å². The van der Waals surface area contributed by atoms with Crippen LogP contribution < -0.4 is 14.5 Å². The summed E-state index contributed by atoms with van der Waals surface area (Å²) in [7, 11) is 1.64. The van der Waals surface area contributed by atoms with Gasteiger partial charge in [0.05, 0.1) is 24.6 Å². The monoisotopic (exact) mass is 510 g/mol. The van der Waals surface area contributed by atoms with Crippen LogP contribution in [-0.2, 0) is 6.54 Å². The molecule has 3 heterocycles. The van der Waals surface area contributed by atoms with Crippen molar-refractivity contribution in [1.29, 1.82) is 5.26 Å². The Morgan fingerprint density at radius 1 is 0.947 bits per heavy atom. The fourth-order valence-corrected chi connectivity index (χ4v) is 5.24. The molecule has 0 N–H and O–H groups in total. The SMILES string of the molecule is COc1ccc(N2CCN(C(=O)c3cc(CN4CCN(c5ccccc5C#N)CC4)ccc3C)CC2)nc1. The predicted octanol–water partition coefficient (Wildman–Crippen LogP) is 3.55. The molecule has 0 spiro atoms. The van der Waals surface area contributed by atoms with Gasteiger partial charge in [0.25, 0.3) is 5.91 Å². The van der Waals surface area contributed by atoms with E-state index in [1.807, 2.05) is 48.2 Å². The van der Waals surface area contributed by atoms with Gasteiger partial charge in [-0.3, -0.25) is 9.69 Å². The van der Waals surface area contributed by atoms with E-state index in [9.17, 15) is 10.1 Å². The number of piperazine rings is 2. The van der Waals surface area contributed by atoms with Crippen molar-refractivity contribution in [2.75, 3.05) is 69.3 Å². The molecule has 0 aliphatic carbocycles. The van der Waals surface area contributed by atoms with E-state index in [0.29, 0.717) is 13.1 Å². The third-order valence-electron chi connectivity index (χ3n) is 7.52. The highest BCUT2D eigenvalue weighted by atomic mass is 16.5. The highest BCUT2D eigenvalue weighted by Crippen LogP contribution is 2.23. The Morgan fingerprint density at radius 2 is 1.68 bits per heavy atom. The third-order valence-corrected chi connectivity index (χ3v) is 7.52. The number of hydrogen-bond acceptors (Lipinski definition) is 7. The maximum absolute atomic E-state index is 13.5. The van der Waals surface area contributed by atoms with Crippen LogP contribution in [-0.4, -0.2) is 80.2 Å². The molecule has 196 valence electrons. The normalized spacial score (nSPS) is 16.3. The minimum absolute atomic E-state index is 0.101. The zero-order valence-electron chi connectivity index (χ0n) is 22.1. The summed E-state index contributed by atoms with van der Waals surface area (Å²) in [4.78, 5) is 26.8. The number of anilines is 2. The van der Waals surface area contributed by atoms with Crippen LogP contribution in [0.2, 0.25) is 0 Å². The molecule has 8 heteroatoms. The van der Waals surface area contributed by atoms with Crippen LogP contribution in [0.25, 0.3) is 0 Å². The van der Waals surface area contributed by atoms with Gasteiger partial charge in [-0.05, 0) is 48.4 Å². The number of rotatable bonds is 6. The van der Waals surface area contributed by atoms with E-state index in [2.05, 4.69) is 44.0 Å². The molecular weight excluding hydrogens is 476 g/mol. The first-order valence-electron chi connectivity index (χ1n) is 13.2. The van der Waals surface area contributed by atoms with Crippen molar-refractivity contribution >= 4 is 17.4 Å². The molecule has 2 aliphatic heterocycles. The van der Waals surface area contributed by atoms with E-state index in [-0.39, 0.29) is 5.91 Å². The molecule has 38 heavy (non-hydrogen) atoms. The number of nitrogens with zero attached hydrogens (tertiary/aromatic N) is 6. The summed E-state index contributed by atoms with van der Waals surface area (Å²) >= 11 is 0. The van der Waals surface area contributed by atoms with E-state index in [1.165, 1.54) is 0 Å². The third kappa shape index (κ3) is 5.58. The maximum atomic E-state index is 13.5. The number of para-hydroxylation sites is 1. The van der Waals surface area contributed by atoms with E-state index in [4.69, 9.17) is 4.74 Å². The van der Waals surface area contributed by atoms with Gasteiger partial charge < -0.3 is 19.4 Å². The second-order valence-corrected chi connectivity index (χ2v) is 9.88. The fraction of sp³-hybridized carbons (Fsp3) is 0.367. The lowest BCUT2D eigenvalue weighted by atomic mass is 10.0. The van der Waals surface area contributed by atoms with Crippen molar-refractivity contribution in [2.45, 2.75) is 13.5 Å². The summed E-state index contributed by atoms with van der Waals surface area (Å²) in [6.45, 7) is 9.26. The van der Waals surface area contributed by atoms with Crippen LogP contribution >= 0.6 is 0 Å². The smallest absolute Gasteiger partial charge is 0.254 e. The van der Waals surface area contributed by atoms with Crippen LogP contribution in [0, 0.1) is 18.3 Å². The highest BCUT2D eigenvalue weighted by molar-refractivity contribution is 5.96. The molecule has 0 unspecified atom stereocenters. The number of nitriles is 1. The summed E-state index contributed by atoms with van der Waals surface area (Å²) in [6.07, 6.45) is 1.73. The van der Waals surface area contributed by atoms with E-state index in [1.54, 1.807) is 13.3 Å². The quantitative estimate of drug-likeness (QED) is 0.502. The number of hydrogen-bond donors (Lipinski definition) is 0. The van der Waals surface area contributed by atoms with Gasteiger partial charge >= 0.3 is 0 Å². The number of ether oxygens (including phenoxy) is 1. The predicted molar refractivity (Wildman–Crippen MR) is 149 cm³/mol. The molecule has 2 aromatic carbocycles. The van der Waals surface area contributed by atoms with Crippen molar-refractivity contribution in [3.05, 3.63) is 83.0 Å². The summed E-state index contributed by atoms with van der Waals surface area (Å²) in [6, 6.07) is 20.3. The minimum Gasteiger partial charge on any atom is -0.495 e. The number of methoxy groups -OCH3 is 1. The number of amides is 1. The lowest BCUT2D eigenvalue weighted by Crippen LogP contribution is -2.49. The van der Waals surface area contributed by atoms with Gasteiger partial charge in [0.15, 0.2) is 0 Å². The molecule has 5 rings (SSSR count). The topological polar surface area (TPSA) is 75.9 Å². The van der Waals surface area contributed by atoms with Crippen molar-refractivity contribution < 1.29 is 9.53 Å². The molecule has 1 amide bonds. The molecule has 2 aliphatic rings. The van der Waals surface area contributed by atoms with Crippen LogP contribution in [0.1, 0.15) is 27.0 Å². The Kier molecular flexibility index (Phi) is 7.75. The molecule has 8 nitrogen and oxygen atoms in total.